The van der Waals surface area contributed by atoms with Gasteiger partial charge in [0.1, 0.15) is 17.1 Å². The lowest BCUT2D eigenvalue weighted by Gasteiger charge is -2.14. The van der Waals surface area contributed by atoms with Gasteiger partial charge in [-0.25, -0.2) is 4.98 Å². The van der Waals surface area contributed by atoms with Gasteiger partial charge in [-0.2, -0.15) is 8.78 Å². The summed E-state index contributed by atoms with van der Waals surface area (Å²) in [6, 6.07) is 11.0. The number of methoxy groups -OCH3 is 1. The van der Waals surface area contributed by atoms with E-state index in [-0.39, 0.29) is 11.3 Å². The van der Waals surface area contributed by atoms with Crippen LogP contribution in [0.25, 0.3) is 11.1 Å². The minimum atomic E-state index is -3.01. The number of fused-ring (bicyclic) bond motifs is 1. The molecule has 160 valence electrons. The summed E-state index contributed by atoms with van der Waals surface area (Å²) >= 11 is 1.45. The average Bonchev–Trinajstić information content (AvgIpc) is 3.24. The number of carbonyl (C=O) groups excluding carboxylic acids is 1. The van der Waals surface area contributed by atoms with E-state index in [0.29, 0.717) is 34.3 Å². The summed E-state index contributed by atoms with van der Waals surface area (Å²) < 4.78 is 36.9. The Balaban J connectivity index is 1.66. The summed E-state index contributed by atoms with van der Waals surface area (Å²) in [5.74, 6) is 0.652. The largest absolute Gasteiger partial charge is 0.497 e. The predicted molar refractivity (Wildman–Crippen MR) is 112 cm³/mol. The molecular weight excluding hydrogens is 428 g/mol. The van der Waals surface area contributed by atoms with E-state index in [0.717, 1.165) is 5.75 Å². The van der Waals surface area contributed by atoms with Gasteiger partial charge in [-0.3, -0.25) is 14.2 Å². The van der Waals surface area contributed by atoms with Gasteiger partial charge in [0, 0.05) is 29.7 Å². The smallest absolute Gasteiger partial charge is 0.387 e. The van der Waals surface area contributed by atoms with E-state index in [9.17, 15) is 18.4 Å². The van der Waals surface area contributed by atoms with Crippen LogP contribution in [0, 0.1) is 0 Å². The first kappa shape index (κ1) is 20.9. The van der Waals surface area contributed by atoms with Crippen molar-refractivity contribution in [3.63, 3.8) is 0 Å². The molecule has 0 saturated heterocycles. The lowest BCUT2D eigenvalue weighted by atomic mass is 10.0. The third kappa shape index (κ3) is 4.38. The van der Waals surface area contributed by atoms with Crippen molar-refractivity contribution in [2.45, 2.75) is 18.3 Å². The molecule has 1 aliphatic rings. The first-order chi connectivity index (χ1) is 15.0. The molecule has 0 aliphatic carbocycles. The molecule has 0 atom stereocenters. The number of halogens is 2. The third-order valence-corrected chi connectivity index (χ3v) is 5.63. The Morgan fingerprint density at radius 1 is 1.23 bits per heavy atom. The van der Waals surface area contributed by atoms with Gasteiger partial charge >= 0.3 is 6.61 Å². The number of benzene rings is 2. The highest BCUT2D eigenvalue weighted by Gasteiger charge is 2.21. The van der Waals surface area contributed by atoms with E-state index in [2.05, 4.69) is 15.0 Å². The van der Waals surface area contributed by atoms with Crippen LogP contribution in [0.3, 0.4) is 0 Å². The predicted octanol–water partition coefficient (Wildman–Crippen LogP) is 3.88. The van der Waals surface area contributed by atoms with E-state index in [1.54, 1.807) is 24.3 Å². The highest BCUT2D eigenvalue weighted by molar-refractivity contribution is 7.99. The van der Waals surface area contributed by atoms with Crippen LogP contribution >= 0.6 is 11.8 Å². The van der Waals surface area contributed by atoms with Crippen molar-refractivity contribution in [2.24, 2.45) is 0 Å². The average molecular weight is 445 g/mol. The number of amides is 1. The molecule has 1 aliphatic heterocycles. The number of nitrogens with zero attached hydrogens (tertiary/aromatic N) is 2. The van der Waals surface area contributed by atoms with Crippen LogP contribution in [0.2, 0.25) is 0 Å². The fourth-order valence-electron chi connectivity index (χ4n) is 3.17. The van der Waals surface area contributed by atoms with Crippen molar-refractivity contribution >= 4 is 23.4 Å². The van der Waals surface area contributed by atoms with Crippen LogP contribution in [0.5, 0.6) is 11.5 Å². The zero-order chi connectivity index (χ0) is 22.0. The summed E-state index contributed by atoms with van der Waals surface area (Å²) in [4.78, 5) is 29.4. The molecule has 0 radical (unpaired) electrons. The Hall–Kier alpha value is -3.40. The molecule has 0 spiro atoms. The van der Waals surface area contributed by atoms with Gasteiger partial charge in [-0.05, 0) is 35.9 Å². The molecule has 0 unspecified atom stereocenters. The van der Waals surface area contributed by atoms with E-state index in [4.69, 9.17) is 4.74 Å². The van der Waals surface area contributed by atoms with Crippen LogP contribution in [0.4, 0.5) is 14.5 Å². The number of ether oxygens (including phenoxy) is 2. The van der Waals surface area contributed by atoms with E-state index in [1.807, 2.05) is 0 Å². The Kier molecular flexibility index (Phi) is 5.90. The highest BCUT2D eigenvalue weighted by Crippen LogP contribution is 2.34. The Labute approximate surface area is 180 Å². The molecule has 0 saturated carbocycles. The lowest BCUT2D eigenvalue weighted by molar-refractivity contribution is -0.0494. The molecule has 10 heteroatoms. The second-order valence-electron chi connectivity index (χ2n) is 6.53. The molecule has 7 nitrogen and oxygen atoms in total. The molecule has 4 rings (SSSR count). The van der Waals surface area contributed by atoms with Gasteiger partial charge in [0.15, 0.2) is 5.16 Å². The van der Waals surface area contributed by atoms with Gasteiger partial charge in [-0.15, -0.1) is 0 Å². The molecule has 2 heterocycles. The number of aromatic nitrogens is 2. The number of carbonyl (C=O) groups is 1. The first-order valence-electron chi connectivity index (χ1n) is 9.23. The fourth-order valence-corrected chi connectivity index (χ4v) is 4.09. The molecule has 1 amide bonds. The van der Waals surface area contributed by atoms with Crippen LogP contribution in [-0.4, -0.2) is 34.9 Å². The van der Waals surface area contributed by atoms with Gasteiger partial charge < -0.3 is 14.8 Å². The van der Waals surface area contributed by atoms with Crippen molar-refractivity contribution in [1.82, 2.24) is 9.55 Å². The van der Waals surface area contributed by atoms with Gasteiger partial charge in [0.2, 0.25) is 0 Å². The molecule has 0 bridgehead atoms. The fraction of sp³-hybridized carbons (Fsp3) is 0.190. The topological polar surface area (TPSA) is 82.5 Å². The minimum absolute atomic E-state index is 0.0468. The van der Waals surface area contributed by atoms with E-state index in [1.165, 1.54) is 47.8 Å². The summed E-state index contributed by atoms with van der Waals surface area (Å²) in [6.07, 6.45) is 1.25. The Morgan fingerprint density at radius 3 is 2.71 bits per heavy atom. The second-order valence-corrected chi connectivity index (χ2v) is 7.59. The summed E-state index contributed by atoms with van der Waals surface area (Å²) in [6.45, 7) is -2.51. The van der Waals surface area contributed by atoms with E-state index >= 15 is 0 Å². The molecule has 1 N–H and O–H groups in total. The summed E-state index contributed by atoms with van der Waals surface area (Å²) in [5.41, 5.74) is 0.743. The maximum Gasteiger partial charge on any atom is 0.387 e. The zero-order valence-electron chi connectivity index (χ0n) is 16.3. The van der Waals surface area contributed by atoms with Crippen LogP contribution in [0.15, 0.2) is 58.6 Å². The second kappa shape index (κ2) is 8.76. The molecular formula is C21H17F2N3O4S. The van der Waals surface area contributed by atoms with E-state index < -0.39 is 18.1 Å². The number of rotatable bonds is 6. The van der Waals surface area contributed by atoms with Crippen LogP contribution < -0.4 is 20.3 Å². The highest BCUT2D eigenvalue weighted by atomic mass is 32.2. The number of hydrogen-bond acceptors (Lipinski definition) is 6. The SMILES string of the molecule is COc1ccc(-c2cc(NC(=O)c3cnc4n(c3=O)CCS4)ccc2OC(F)F)cc1. The quantitative estimate of drug-likeness (QED) is 0.580. The van der Waals surface area contributed by atoms with Crippen LogP contribution in [0.1, 0.15) is 10.4 Å². The van der Waals surface area contributed by atoms with Crippen molar-refractivity contribution in [1.29, 1.82) is 0 Å². The molecule has 2 aromatic carbocycles. The minimum Gasteiger partial charge on any atom is -0.497 e. The number of alkyl halides is 2. The number of thioether (sulfide) groups is 1. The van der Waals surface area contributed by atoms with Gasteiger partial charge in [0.05, 0.1) is 7.11 Å². The van der Waals surface area contributed by atoms with Crippen molar-refractivity contribution in [3.05, 3.63) is 64.6 Å². The van der Waals surface area contributed by atoms with Crippen molar-refractivity contribution < 1.29 is 23.0 Å². The zero-order valence-corrected chi connectivity index (χ0v) is 17.1. The Bertz CT molecular complexity index is 1180. The summed E-state index contributed by atoms with van der Waals surface area (Å²) in [7, 11) is 1.52. The summed E-state index contributed by atoms with van der Waals surface area (Å²) in [5, 5.41) is 3.22. The monoisotopic (exact) mass is 445 g/mol. The number of hydrogen-bond donors (Lipinski definition) is 1. The normalized spacial score (nSPS) is 12.5. The molecule has 31 heavy (non-hydrogen) atoms. The molecule has 0 fully saturated rings. The maximum absolute atomic E-state index is 12.9. The van der Waals surface area contributed by atoms with Gasteiger partial charge in [0.25, 0.3) is 11.5 Å². The van der Waals surface area contributed by atoms with Crippen molar-refractivity contribution in [2.75, 3.05) is 18.2 Å². The number of anilines is 1. The number of nitrogens with one attached hydrogen (secondary N) is 1. The molecule has 3 aromatic rings. The first-order valence-corrected chi connectivity index (χ1v) is 10.2. The lowest BCUT2D eigenvalue weighted by Crippen LogP contribution is -2.29. The van der Waals surface area contributed by atoms with Gasteiger partial charge in [-0.1, -0.05) is 23.9 Å². The maximum atomic E-state index is 12.9. The van der Waals surface area contributed by atoms with Crippen molar-refractivity contribution in [3.8, 4) is 22.6 Å². The third-order valence-electron chi connectivity index (χ3n) is 4.66. The molecule has 1 aromatic heterocycles. The Morgan fingerprint density at radius 2 is 2.00 bits per heavy atom. The standard InChI is InChI=1S/C21H17F2N3O4S/c1-29-14-5-2-12(3-6-14)15-10-13(4-7-17(15)30-20(22)23)25-18(27)16-11-24-21-26(19(16)28)8-9-31-21/h2-7,10-11,20H,8-9H2,1H3,(H,25,27). The van der Waals surface area contributed by atoms with Crippen LogP contribution in [-0.2, 0) is 6.54 Å².